The van der Waals surface area contributed by atoms with Crippen molar-refractivity contribution in [3.05, 3.63) is 65.9 Å². The Labute approximate surface area is 179 Å². The van der Waals surface area contributed by atoms with Crippen molar-refractivity contribution in [2.45, 2.75) is 32.4 Å². The molecule has 1 heterocycles. The van der Waals surface area contributed by atoms with Crippen molar-refractivity contribution in [1.82, 2.24) is 4.57 Å². The predicted molar refractivity (Wildman–Crippen MR) is 120 cm³/mol. The van der Waals surface area contributed by atoms with E-state index < -0.39 is 32.0 Å². The van der Waals surface area contributed by atoms with E-state index in [2.05, 4.69) is 0 Å². The molecule has 0 fully saturated rings. The Morgan fingerprint density at radius 3 is 2.42 bits per heavy atom. The summed E-state index contributed by atoms with van der Waals surface area (Å²) in [6.45, 7) is 3.99. The molecule has 0 aliphatic rings. The number of halogens is 1. The standard InChI is InChI=1S/C23H25FNO5P/c1-15(2)25-20-6-4-3-5-19(20)23(16-7-9-17(24)10-8-16)21(25)11-12-31(29,30)14-18(26)13-22(27)28/h3-12,15,18,26H,13-14H2,1-2H3,(H,27,28)(H,29,30)/b12-11+. The van der Waals surface area contributed by atoms with Crippen LogP contribution in [-0.2, 0) is 9.36 Å². The Kier molecular flexibility index (Phi) is 6.80. The van der Waals surface area contributed by atoms with Gasteiger partial charge in [0.1, 0.15) is 5.82 Å². The largest absolute Gasteiger partial charge is 0.481 e. The molecule has 3 aromatic rings. The summed E-state index contributed by atoms with van der Waals surface area (Å²) in [4.78, 5) is 21.1. The summed E-state index contributed by atoms with van der Waals surface area (Å²) < 4.78 is 28.2. The first-order chi connectivity index (χ1) is 14.6. The van der Waals surface area contributed by atoms with Crippen molar-refractivity contribution in [3.63, 3.8) is 0 Å². The number of carboxylic acid groups (broad SMARTS) is 1. The van der Waals surface area contributed by atoms with Gasteiger partial charge in [-0.25, -0.2) is 4.39 Å². The fourth-order valence-electron chi connectivity index (χ4n) is 3.74. The van der Waals surface area contributed by atoms with Gasteiger partial charge in [-0.3, -0.25) is 9.36 Å². The highest BCUT2D eigenvalue weighted by Crippen LogP contribution is 2.45. The average Bonchev–Trinajstić information content (AvgIpc) is 3.00. The fourth-order valence-corrected chi connectivity index (χ4v) is 4.97. The zero-order valence-electron chi connectivity index (χ0n) is 17.3. The van der Waals surface area contributed by atoms with Crippen molar-refractivity contribution in [2.75, 3.05) is 6.16 Å². The zero-order chi connectivity index (χ0) is 22.8. The van der Waals surface area contributed by atoms with Crippen LogP contribution in [-0.4, -0.2) is 37.9 Å². The minimum absolute atomic E-state index is 0.0226. The van der Waals surface area contributed by atoms with Gasteiger partial charge in [-0.1, -0.05) is 30.3 Å². The van der Waals surface area contributed by atoms with Crippen LogP contribution in [0.15, 0.2) is 54.3 Å². The van der Waals surface area contributed by atoms with E-state index in [-0.39, 0.29) is 11.9 Å². The summed E-state index contributed by atoms with van der Waals surface area (Å²) in [5.74, 6) is -0.464. The lowest BCUT2D eigenvalue weighted by Gasteiger charge is -2.15. The van der Waals surface area contributed by atoms with E-state index in [1.807, 2.05) is 42.7 Å². The molecule has 1 aromatic heterocycles. The fraction of sp³-hybridized carbons (Fsp3) is 0.261. The minimum Gasteiger partial charge on any atom is -0.481 e. The number of rotatable bonds is 8. The second kappa shape index (κ2) is 9.18. The summed E-state index contributed by atoms with van der Waals surface area (Å²) in [6.07, 6.45) is -1.05. The molecule has 31 heavy (non-hydrogen) atoms. The molecule has 0 bridgehead atoms. The maximum atomic E-state index is 13.5. The van der Waals surface area contributed by atoms with Gasteiger partial charge in [0.15, 0.2) is 0 Å². The number of benzene rings is 2. The van der Waals surface area contributed by atoms with Crippen molar-refractivity contribution in [1.29, 1.82) is 0 Å². The molecule has 3 N–H and O–H groups in total. The van der Waals surface area contributed by atoms with Crippen LogP contribution in [0.4, 0.5) is 4.39 Å². The first-order valence-electron chi connectivity index (χ1n) is 9.88. The topological polar surface area (TPSA) is 99.8 Å². The van der Waals surface area contributed by atoms with Gasteiger partial charge >= 0.3 is 5.97 Å². The molecular formula is C23H25FNO5P. The highest BCUT2D eigenvalue weighted by molar-refractivity contribution is 7.61. The number of aliphatic hydroxyl groups excluding tert-OH is 1. The van der Waals surface area contributed by atoms with Gasteiger partial charge in [0.05, 0.1) is 24.4 Å². The van der Waals surface area contributed by atoms with Crippen molar-refractivity contribution < 1.29 is 28.9 Å². The number of nitrogens with zero attached hydrogens (tertiary/aromatic N) is 1. The zero-order valence-corrected chi connectivity index (χ0v) is 18.2. The van der Waals surface area contributed by atoms with Crippen LogP contribution in [0.3, 0.4) is 0 Å². The van der Waals surface area contributed by atoms with Gasteiger partial charge in [0, 0.05) is 28.3 Å². The molecule has 0 saturated heterocycles. The smallest absolute Gasteiger partial charge is 0.305 e. The van der Waals surface area contributed by atoms with E-state index in [1.54, 1.807) is 12.1 Å². The Bertz CT molecular complexity index is 1170. The van der Waals surface area contributed by atoms with E-state index >= 15 is 0 Å². The highest BCUT2D eigenvalue weighted by atomic mass is 31.2. The molecule has 2 unspecified atom stereocenters. The molecule has 0 aliphatic carbocycles. The van der Waals surface area contributed by atoms with Crippen molar-refractivity contribution in [2.24, 2.45) is 0 Å². The summed E-state index contributed by atoms with van der Waals surface area (Å²) in [5.41, 5.74) is 3.15. The quantitative estimate of drug-likeness (QED) is 0.419. The Balaban J connectivity index is 2.14. The average molecular weight is 445 g/mol. The van der Waals surface area contributed by atoms with Gasteiger partial charge in [-0.2, -0.15) is 0 Å². The molecule has 0 radical (unpaired) electrons. The van der Waals surface area contributed by atoms with Crippen LogP contribution in [0.25, 0.3) is 28.1 Å². The third-order valence-electron chi connectivity index (χ3n) is 4.95. The van der Waals surface area contributed by atoms with Crippen molar-refractivity contribution >= 4 is 30.3 Å². The molecule has 0 amide bonds. The lowest BCUT2D eigenvalue weighted by molar-refractivity contribution is -0.138. The highest BCUT2D eigenvalue weighted by Gasteiger charge is 2.24. The van der Waals surface area contributed by atoms with E-state index in [1.165, 1.54) is 18.2 Å². The third kappa shape index (κ3) is 5.31. The van der Waals surface area contributed by atoms with Gasteiger partial charge in [0.2, 0.25) is 7.37 Å². The maximum absolute atomic E-state index is 13.5. The maximum Gasteiger partial charge on any atom is 0.305 e. The Morgan fingerprint density at radius 2 is 1.81 bits per heavy atom. The van der Waals surface area contributed by atoms with E-state index in [4.69, 9.17) is 5.11 Å². The number of aliphatic hydroxyl groups is 1. The number of aromatic nitrogens is 1. The number of carbonyl (C=O) groups is 1. The first-order valence-corrected chi connectivity index (χ1v) is 11.8. The summed E-state index contributed by atoms with van der Waals surface area (Å²) in [6, 6.07) is 13.8. The molecule has 8 heteroatoms. The summed E-state index contributed by atoms with van der Waals surface area (Å²) in [7, 11) is -3.95. The van der Waals surface area contributed by atoms with Crippen LogP contribution in [0.2, 0.25) is 0 Å². The van der Waals surface area contributed by atoms with E-state index in [9.17, 15) is 23.7 Å². The monoisotopic (exact) mass is 445 g/mol. The van der Waals surface area contributed by atoms with Crippen LogP contribution in [0, 0.1) is 5.82 Å². The third-order valence-corrected chi connectivity index (χ3v) is 6.51. The van der Waals surface area contributed by atoms with Crippen LogP contribution < -0.4 is 0 Å². The lowest BCUT2D eigenvalue weighted by Crippen LogP contribution is -2.17. The molecule has 2 atom stereocenters. The molecule has 3 rings (SSSR count). The number of carboxylic acids is 1. The Morgan fingerprint density at radius 1 is 1.16 bits per heavy atom. The minimum atomic E-state index is -3.95. The van der Waals surface area contributed by atoms with Crippen LogP contribution in [0.5, 0.6) is 0 Å². The van der Waals surface area contributed by atoms with Gasteiger partial charge in [-0.15, -0.1) is 0 Å². The Hall–Kier alpha value is -2.73. The number of hydrogen-bond acceptors (Lipinski definition) is 3. The molecule has 6 nitrogen and oxygen atoms in total. The van der Waals surface area contributed by atoms with Gasteiger partial charge < -0.3 is 19.7 Å². The van der Waals surface area contributed by atoms with Crippen LogP contribution in [0.1, 0.15) is 32.0 Å². The number of aliphatic carboxylic acids is 1. The molecule has 0 spiro atoms. The second-order valence-electron chi connectivity index (χ2n) is 7.75. The number of fused-ring (bicyclic) bond motifs is 1. The first kappa shape index (κ1) is 22.9. The van der Waals surface area contributed by atoms with Gasteiger partial charge in [-0.05, 0) is 43.7 Å². The van der Waals surface area contributed by atoms with Crippen LogP contribution >= 0.6 is 7.37 Å². The molecule has 164 valence electrons. The summed E-state index contributed by atoms with van der Waals surface area (Å²) >= 11 is 0. The van der Waals surface area contributed by atoms with Gasteiger partial charge in [0.25, 0.3) is 0 Å². The molecule has 0 aliphatic heterocycles. The van der Waals surface area contributed by atoms with E-state index in [0.29, 0.717) is 5.69 Å². The number of hydrogen-bond donors (Lipinski definition) is 3. The SMILES string of the molecule is CC(C)n1c(/C=C/P(=O)(O)CC(O)CC(=O)O)c(-c2ccc(F)cc2)c2ccccc21. The molecular weight excluding hydrogens is 420 g/mol. The molecule has 0 saturated carbocycles. The number of para-hydroxylation sites is 1. The normalized spacial score (nSPS) is 14.9. The second-order valence-corrected chi connectivity index (χ2v) is 9.93. The van der Waals surface area contributed by atoms with Crippen molar-refractivity contribution in [3.8, 4) is 11.1 Å². The predicted octanol–water partition coefficient (Wildman–Crippen LogP) is 5.11. The van der Waals surface area contributed by atoms with E-state index in [0.717, 1.165) is 27.8 Å². The summed E-state index contributed by atoms with van der Waals surface area (Å²) in [5, 5.41) is 19.5. The molecule has 2 aromatic carbocycles. The lowest BCUT2D eigenvalue weighted by atomic mass is 10.0.